The normalized spacial score (nSPS) is 11.9. The van der Waals surface area contributed by atoms with Gasteiger partial charge in [-0.15, -0.1) is 45.3 Å². The standard InChI is InChI=1S/C40H22N2S4/c1-3-13-33-31(11-1)41-39(45-33)27-9-5-7-23(19-27)25-15-17-29-35(21-25)43-38-30-18-16-26(22-36(30)44-37(29)38)24-8-6-10-28(20-24)40-42-32-12-2-4-14-34(32)46-40/h1-22H. The van der Waals surface area contributed by atoms with Crippen molar-refractivity contribution in [2.45, 2.75) is 0 Å². The first-order valence-corrected chi connectivity index (χ1v) is 18.3. The van der Waals surface area contributed by atoms with E-state index in [0.29, 0.717) is 0 Å². The summed E-state index contributed by atoms with van der Waals surface area (Å²) >= 11 is 7.32. The van der Waals surface area contributed by atoms with E-state index in [1.807, 2.05) is 22.7 Å². The summed E-state index contributed by atoms with van der Waals surface area (Å²) in [5.74, 6) is 0. The van der Waals surface area contributed by atoms with Crippen molar-refractivity contribution in [2.24, 2.45) is 0 Å². The van der Waals surface area contributed by atoms with Crippen LogP contribution in [0.2, 0.25) is 0 Å². The maximum atomic E-state index is 4.89. The number of hydrogen-bond donors (Lipinski definition) is 0. The van der Waals surface area contributed by atoms with Crippen LogP contribution in [0, 0.1) is 0 Å². The summed E-state index contributed by atoms with van der Waals surface area (Å²) in [5, 5.41) is 4.81. The van der Waals surface area contributed by atoms with E-state index < -0.39 is 0 Å². The molecule has 0 unspecified atom stereocenters. The first-order chi connectivity index (χ1) is 22.7. The molecule has 0 bridgehead atoms. The van der Waals surface area contributed by atoms with Crippen molar-refractivity contribution in [3.05, 3.63) is 133 Å². The number of rotatable bonds is 4. The van der Waals surface area contributed by atoms with Gasteiger partial charge in [-0.25, -0.2) is 9.97 Å². The lowest BCUT2D eigenvalue weighted by molar-refractivity contribution is 1.48. The highest BCUT2D eigenvalue weighted by atomic mass is 32.1. The van der Waals surface area contributed by atoms with Gasteiger partial charge in [0.25, 0.3) is 0 Å². The van der Waals surface area contributed by atoms with Crippen molar-refractivity contribution < 1.29 is 0 Å². The average molecular weight is 659 g/mol. The summed E-state index contributed by atoms with van der Waals surface area (Å²) in [4.78, 5) is 9.78. The SMILES string of the molecule is c1cc(-c2ccc3c(c2)sc2c4ccc(-c5cccc(-c6nc7ccccc7s6)c5)cc4sc32)cc(-c2nc3ccccc3s2)c1. The van der Waals surface area contributed by atoms with Crippen LogP contribution in [0.3, 0.4) is 0 Å². The molecule has 216 valence electrons. The van der Waals surface area contributed by atoms with Crippen LogP contribution in [0.25, 0.3) is 93.4 Å². The average Bonchev–Trinajstić information content (AvgIpc) is 3.89. The molecule has 0 fully saturated rings. The fourth-order valence-electron chi connectivity index (χ4n) is 6.27. The molecule has 2 nitrogen and oxygen atoms in total. The maximum absolute atomic E-state index is 4.89. The summed E-state index contributed by atoms with van der Waals surface area (Å²) in [7, 11) is 0. The van der Waals surface area contributed by atoms with Crippen LogP contribution < -0.4 is 0 Å². The quantitative estimate of drug-likeness (QED) is 0.188. The third kappa shape index (κ3) is 4.33. The van der Waals surface area contributed by atoms with Crippen LogP contribution in [-0.4, -0.2) is 9.97 Å². The summed E-state index contributed by atoms with van der Waals surface area (Å²) in [6, 6.07) is 48.2. The monoisotopic (exact) mass is 658 g/mol. The zero-order chi connectivity index (χ0) is 30.2. The van der Waals surface area contributed by atoms with Gasteiger partial charge in [0.1, 0.15) is 10.0 Å². The second kappa shape index (κ2) is 10.4. The zero-order valence-electron chi connectivity index (χ0n) is 24.2. The van der Waals surface area contributed by atoms with E-state index >= 15 is 0 Å². The number of benzene rings is 6. The molecule has 4 heterocycles. The molecule has 0 amide bonds. The molecular formula is C40H22N2S4. The van der Waals surface area contributed by atoms with Gasteiger partial charge in [-0.1, -0.05) is 84.9 Å². The van der Waals surface area contributed by atoms with Gasteiger partial charge in [-0.3, -0.25) is 0 Å². The Bertz CT molecular complexity index is 2520. The highest BCUT2D eigenvalue weighted by Gasteiger charge is 2.15. The molecule has 0 spiro atoms. The molecule has 0 aliphatic rings. The van der Waals surface area contributed by atoms with Gasteiger partial charge < -0.3 is 0 Å². The molecular weight excluding hydrogens is 637 g/mol. The molecule has 0 N–H and O–H groups in total. The number of hydrogen-bond acceptors (Lipinski definition) is 6. The summed E-state index contributed by atoms with van der Waals surface area (Å²) < 4.78 is 7.87. The minimum Gasteiger partial charge on any atom is -0.236 e. The van der Waals surface area contributed by atoms with Gasteiger partial charge >= 0.3 is 0 Å². The summed E-state index contributed by atoms with van der Waals surface area (Å²) in [6.45, 7) is 0. The molecule has 4 aromatic heterocycles. The molecule has 0 saturated heterocycles. The Kier molecular flexibility index (Phi) is 5.99. The fraction of sp³-hybridized carbons (Fsp3) is 0. The number of thiazole rings is 2. The lowest BCUT2D eigenvalue weighted by Gasteiger charge is -2.05. The molecule has 0 aliphatic heterocycles. The van der Waals surface area contributed by atoms with Crippen molar-refractivity contribution in [2.75, 3.05) is 0 Å². The van der Waals surface area contributed by atoms with Gasteiger partial charge in [-0.05, 0) is 70.8 Å². The highest BCUT2D eigenvalue weighted by Crippen LogP contribution is 2.46. The Balaban J connectivity index is 1.00. The molecule has 0 saturated carbocycles. The molecule has 6 heteroatoms. The highest BCUT2D eigenvalue weighted by molar-refractivity contribution is 7.36. The van der Waals surface area contributed by atoms with Crippen molar-refractivity contribution in [1.29, 1.82) is 0 Å². The van der Waals surface area contributed by atoms with Crippen LogP contribution in [0.1, 0.15) is 0 Å². The second-order valence-electron chi connectivity index (χ2n) is 11.4. The van der Waals surface area contributed by atoms with Gasteiger partial charge in [0.2, 0.25) is 0 Å². The van der Waals surface area contributed by atoms with E-state index in [2.05, 4.69) is 133 Å². The van der Waals surface area contributed by atoms with Crippen LogP contribution in [0.5, 0.6) is 0 Å². The lowest BCUT2D eigenvalue weighted by atomic mass is 10.0. The van der Waals surface area contributed by atoms with Gasteiger partial charge in [0.15, 0.2) is 0 Å². The molecule has 0 aliphatic carbocycles. The number of nitrogens with zero attached hydrogens (tertiary/aromatic N) is 2. The Morgan fingerprint density at radius 3 is 1.24 bits per heavy atom. The van der Waals surface area contributed by atoms with E-state index in [4.69, 9.17) is 9.97 Å². The summed E-state index contributed by atoms with van der Waals surface area (Å²) in [6.07, 6.45) is 0. The van der Waals surface area contributed by atoms with E-state index in [9.17, 15) is 0 Å². The number of aromatic nitrogens is 2. The molecule has 46 heavy (non-hydrogen) atoms. The largest absolute Gasteiger partial charge is 0.236 e. The third-order valence-corrected chi connectivity index (χ3v) is 13.2. The first-order valence-electron chi connectivity index (χ1n) is 15.1. The predicted octanol–water partition coefficient (Wildman–Crippen LogP) is 13.2. The number of fused-ring (bicyclic) bond motifs is 7. The maximum Gasteiger partial charge on any atom is 0.124 e. The van der Waals surface area contributed by atoms with Crippen molar-refractivity contribution in [3.8, 4) is 43.4 Å². The lowest BCUT2D eigenvalue weighted by Crippen LogP contribution is -1.81. The van der Waals surface area contributed by atoms with Gasteiger partial charge in [0.05, 0.1) is 29.8 Å². The first kappa shape index (κ1) is 26.5. The van der Waals surface area contributed by atoms with Crippen molar-refractivity contribution >= 4 is 95.4 Å². The smallest absolute Gasteiger partial charge is 0.124 e. The van der Waals surface area contributed by atoms with Crippen LogP contribution in [0.15, 0.2) is 133 Å². The molecule has 10 aromatic rings. The zero-order valence-corrected chi connectivity index (χ0v) is 27.5. The minimum absolute atomic E-state index is 1.06. The summed E-state index contributed by atoms with van der Waals surface area (Å²) in [5.41, 5.74) is 9.37. The van der Waals surface area contributed by atoms with Crippen LogP contribution >= 0.6 is 45.3 Å². The van der Waals surface area contributed by atoms with E-state index in [1.54, 1.807) is 22.7 Å². The third-order valence-electron chi connectivity index (χ3n) is 8.56. The number of para-hydroxylation sites is 2. The Morgan fingerprint density at radius 2 is 0.761 bits per heavy atom. The van der Waals surface area contributed by atoms with E-state index in [-0.39, 0.29) is 0 Å². The Hall–Kier alpha value is -4.72. The van der Waals surface area contributed by atoms with Crippen molar-refractivity contribution in [1.82, 2.24) is 9.97 Å². The topological polar surface area (TPSA) is 25.8 Å². The molecule has 0 atom stereocenters. The van der Waals surface area contributed by atoms with Gasteiger partial charge in [0, 0.05) is 31.3 Å². The minimum atomic E-state index is 1.06. The Morgan fingerprint density at radius 1 is 0.326 bits per heavy atom. The molecule has 0 radical (unpaired) electrons. The number of thiophene rings is 2. The second-order valence-corrected chi connectivity index (χ2v) is 15.6. The van der Waals surface area contributed by atoms with Crippen molar-refractivity contribution in [3.63, 3.8) is 0 Å². The van der Waals surface area contributed by atoms with Crippen LogP contribution in [-0.2, 0) is 0 Å². The van der Waals surface area contributed by atoms with Crippen LogP contribution in [0.4, 0.5) is 0 Å². The Labute approximate surface area is 280 Å². The van der Waals surface area contributed by atoms with Gasteiger partial charge in [-0.2, -0.15) is 0 Å². The molecule has 6 aromatic carbocycles. The van der Waals surface area contributed by atoms with E-state index in [0.717, 1.165) is 21.0 Å². The molecule has 10 rings (SSSR count). The predicted molar refractivity (Wildman–Crippen MR) is 203 cm³/mol. The van der Waals surface area contributed by atoms with E-state index in [1.165, 1.54) is 72.4 Å². The fourth-order valence-corrected chi connectivity index (χ4v) is 10.9.